The minimum absolute atomic E-state index is 0.0506. The number of fused-ring (bicyclic) bond motifs is 1. The summed E-state index contributed by atoms with van der Waals surface area (Å²) in [4.78, 5) is 66.3. The molecule has 42 heavy (non-hydrogen) atoms. The Kier molecular flexibility index (Phi) is 8.10. The highest BCUT2D eigenvalue weighted by Gasteiger charge is 2.44. The SMILES string of the molecule is COc1c(N2CCNC(C)C2)c(F)cc2c(=O)c(C(=O)Oc3ccc(C(P(=O)(O)O)P(=O)(O)O)cc3)cn(C3CC3)c12. The molecule has 0 amide bonds. The van der Waals surface area contributed by atoms with Gasteiger partial charge < -0.3 is 43.8 Å². The summed E-state index contributed by atoms with van der Waals surface area (Å²) in [5.41, 5.74) is -0.896. The third-order valence-electron chi connectivity index (χ3n) is 7.27. The number of ether oxygens (including phenoxy) is 2. The van der Waals surface area contributed by atoms with Gasteiger partial charge in [0.25, 0.3) is 0 Å². The molecule has 0 radical (unpaired) electrons. The van der Waals surface area contributed by atoms with E-state index in [4.69, 9.17) is 9.47 Å². The molecule has 1 unspecified atom stereocenters. The van der Waals surface area contributed by atoms with Crippen LogP contribution in [0.4, 0.5) is 10.1 Å². The van der Waals surface area contributed by atoms with E-state index in [2.05, 4.69) is 5.32 Å². The summed E-state index contributed by atoms with van der Waals surface area (Å²) in [5, 5.41) is 0.860. The quantitative estimate of drug-likeness (QED) is 0.140. The number of nitrogens with zero attached hydrogens (tertiary/aromatic N) is 2. The summed E-state index contributed by atoms with van der Waals surface area (Å²) < 4.78 is 51.8. The Balaban J connectivity index is 1.54. The Labute approximate surface area is 239 Å². The van der Waals surface area contributed by atoms with E-state index in [0.717, 1.165) is 43.2 Å². The average Bonchev–Trinajstić information content (AvgIpc) is 3.73. The molecule has 2 aliphatic rings. The van der Waals surface area contributed by atoms with Crippen molar-refractivity contribution in [1.82, 2.24) is 9.88 Å². The lowest BCUT2D eigenvalue weighted by Gasteiger charge is -2.35. The van der Waals surface area contributed by atoms with Gasteiger partial charge in [-0.15, -0.1) is 0 Å². The molecule has 1 saturated carbocycles. The normalized spacial score (nSPS) is 18.0. The summed E-state index contributed by atoms with van der Waals surface area (Å²) in [7, 11) is -9.07. The van der Waals surface area contributed by atoms with Crippen LogP contribution in [-0.4, -0.2) is 62.9 Å². The molecule has 3 aromatic rings. The molecule has 1 aromatic heterocycles. The predicted molar refractivity (Wildman–Crippen MR) is 151 cm³/mol. The van der Waals surface area contributed by atoms with Gasteiger partial charge in [0.15, 0.2) is 17.0 Å². The van der Waals surface area contributed by atoms with Crippen LogP contribution in [0.2, 0.25) is 0 Å². The third-order valence-corrected chi connectivity index (χ3v) is 10.9. The van der Waals surface area contributed by atoms with Gasteiger partial charge in [0.2, 0.25) is 5.43 Å². The highest BCUT2D eigenvalue weighted by Crippen LogP contribution is 2.69. The smallest absolute Gasteiger partial charge is 0.349 e. The number of aromatic nitrogens is 1. The second-order valence-electron chi connectivity index (χ2n) is 10.5. The van der Waals surface area contributed by atoms with Crippen molar-refractivity contribution >= 4 is 37.8 Å². The molecule has 1 saturated heterocycles. The number of carbonyl (C=O) groups is 1. The van der Waals surface area contributed by atoms with Crippen LogP contribution in [0, 0.1) is 5.82 Å². The van der Waals surface area contributed by atoms with Crippen LogP contribution in [0.25, 0.3) is 10.9 Å². The van der Waals surface area contributed by atoms with Crippen LogP contribution >= 0.6 is 15.2 Å². The Morgan fingerprint density at radius 1 is 1.12 bits per heavy atom. The molecule has 2 fully saturated rings. The minimum atomic E-state index is -5.24. The fourth-order valence-corrected chi connectivity index (χ4v) is 8.00. The van der Waals surface area contributed by atoms with Gasteiger partial charge >= 0.3 is 21.2 Å². The number of hydrogen-bond donors (Lipinski definition) is 5. The maximum atomic E-state index is 15.6. The van der Waals surface area contributed by atoms with Crippen LogP contribution in [-0.2, 0) is 9.13 Å². The first-order valence-electron chi connectivity index (χ1n) is 13.1. The van der Waals surface area contributed by atoms with Crippen molar-refractivity contribution in [3.63, 3.8) is 0 Å². The third kappa shape index (κ3) is 5.89. The highest BCUT2D eigenvalue weighted by molar-refractivity contribution is 7.70. The maximum absolute atomic E-state index is 15.6. The first kappa shape index (κ1) is 30.4. The van der Waals surface area contributed by atoms with Crippen molar-refractivity contribution in [3.8, 4) is 11.5 Å². The van der Waals surface area contributed by atoms with E-state index in [1.54, 1.807) is 4.57 Å². The molecule has 5 rings (SSSR count). The largest absolute Gasteiger partial charge is 0.492 e. The molecule has 0 bridgehead atoms. The van der Waals surface area contributed by atoms with Crippen LogP contribution < -0.4 is 25.1 Å². The highest BCUT2D eigenvalue weighted by atomic mass is 31.2. The van der Waals surface area contributed by atoms with Crippen molar-refractivity contribution in [2.24, 2.45) is 0 Å². The molecule has 2 aromatic carbocycles. The average molecular weight is 625 g/mol. The lowest BCUT2D eigenvalue weighted by Crippen LogP contribution is -2.49. The van der Waals surface area contributed by atoms with Gasteiger partial charge in [0.05, 0.1) is 18.0 Å². The summed E-state index contributed by atoms with van der Waals surface area (Å²) in [6.45, 7) is 3.68. The van der Waals surface area contributed by atoms with Gasteiger partial charge in [0, 0.05) is 37.9 Å². The van der Waals surface area contributed by atoms with E-state index in [1.165, 1.54) is 13.3 Å². The number of rotatable bonds is 8. The van der Waals surface area contributed by atoms with Gasteiger partial charge in [-0.2, -0.15) is 0 Å². The zero-order valence-corrected chi connectivity index (χ0v) is 24.4. The van der Waals surface area contributed by atoms with E-state index >= 15 is 4.39 Å². The van der Waals surface area contributed by atoms with Crippen molar-refractivity contribution in [2.75, 3.05) is 31.6 Å². The van der Waals surface area contributed by atoms with E-state index in [9.17, 15) is 38.3 Å². The Bertz CT molecular complexity index is 1680. The van der Waals surface area contributed by atoms with Crippen molar-refractivity contribution in [2.45, 2.75) is 37.2 Å². The second kappa shape index (κ2) is 11.2. The predicted octanol–water partition coefficient (Wildman–Crippen LogP) is 2.86. The number of esters is 1. The van der Waals surface area contributed by atoms with Crippen LogP contribution in [0.1, 0.15) is 47.1 Å². The zero-order chi connectivity index (χ0) is 30.6. The van der Waals surface area contributed by atoms with Crippen molar-refractivity contribution < 1.29 is 47.4 Å². The summed E-state index contributed by atoms with van der Waals surface area (Å²) >= 11 is 0. The maximum Gasteiger partial charge on any atom is 0.349 e. The molecule has 2 heterocycles. The van der Waals surface area contributed by atoms with Gasteiger partial charge in [-0.05, 0) is 43.5 Å². The van der Waals surface area contributed by atoms with E-state index < -0.39 is 37.8 Å². The van der Waals surface area contributed by atoms with E-state index in [1.807, 2.05) is 11.8 Å². The Morgan fingerprint density at radius 2 is 1.76 bits per heavy atom. The number of halogens is 1. The van der Waals surface area contributed by atoms with Gasteiger partial charge in [0.1, 0.15) is 17.0 Å². The fourth-order valence-electron chi connectivity index (χ4n) is 5.31. The van der Waals surface area contributed by atoms with Crippen LogP contribution in [0.15, 0.2) is 41.3 Å². The fraction of sp³-hybridized carbons (Fsp3) is 0.385. The Morgan fingerprint density at radius 3 is 2.31 bits per heavy atom. The lowest BCUT2D eigenvalue weighted by atomic mass is 10.1. The summed E-state index contributed by atoms with van der Waals surface area (Å²) in [5.74, 6) is -1.68. The molecule has 226 valence electrons. The molecule has 0 spiro atoms. The number of anilines is 1. The first-order chi connectivity index (χ1) is 19.7. The second-order valence-corrected chi connectivity index (χ2v) is 14.3. The molecule has 1 aliphatic carbocycles. The van der Waals surface area contributed by atoms with Crippen molar-refractivity contribution in [1.29, 1.82) is 0 Å². The van der Waals surface area contributed by atoms with Gasteiger partial charge in [-0.3, -0.25) is 13.9 Å². The number of nitrogens with one attached hydrogen (secondary N) is 1. The number of benzene rings is 2. The molecule has 5 N–H and O–H groups in total. The van der Waals surface area contributed by atoms with Gasteiger partial charge in [-0.25, -0.2) is 9.18 Å². The van der Waals surface area contributed by atoms with E-state index in [0.29, 0.717) is 25.2 Å². The monoisotopic (exact) mass is 625 g/mol. The minimum Gasteiger partial charge on any atom is -0.492 e. The summed E-state index contributed by atoms with van der Waals surface area (Å²) in [6, 6.07) is 5.36. The number of piperazine rings is 1. The number of pyridine rings is 1. The zero-order valence-electron chi connectivity index (χ0n) is 22.6. The molecule has 1 atom stereocenters. The molecular formula is C26H30FN3O10P2. The number of carbonyl (C=O) groups excluding carboxylic acids is 1. The molecule has 13 nitrogen and oxygen atoms in total. The number of methoxy groups -OCH3 is 1. The summed E-state index contributed by atoms with van der Waals surface area (Å²) in [6.07, 6.45) is 2.91. The first-order valence-corrected chi connectivity index (χ1v) is 16.4. The van der Waals surface area contributed by atoms with Crippen LogP contribution in [0.3, 0.4) is 0 Å². The Hall–Kier alpha value is -3.09. The molecule has 16 heteroatoms. The van der Waals surface area contributed by atoms with Crippen LogP contribution in [0.5, 0.6) is 11.5 Å². The standard InChI is InChI=1S/C26H30FN3O10P2/c1-14-12-29(10-9-28-14)22-20(27)11-18-21(24(22)39-2)30(16-5-6-16)13-19(23(18)31)25(32)40-17-7-3-15(4-8-17)26(41(33,34)35)42(36,37)38/h3-4,7-8,11,13-14,16,26,28H,5-6,9-10,12H2,1-2H3,(H2,33,34,35)(H2,36,37,38). The van der Waals surface area contributed by atoms with Gasteiger partial charge in [-0.1, -0.05) is 12.1 Å². The molecule has 1 aliphatic heterocycles. The van der Waals surface area contributed by atoms with Crippen molar-refractivity contribution in [3.05, 3.63) is 63.7 Å². The number of hydrogen-bond acceptors (Lipinski definition) is 8. The van der Waals surface area contributed by atoms with E-state index in [-0.39, 0.29) is 45.8 Å². The molecular weight excluding hydrogens is 595 g/mol. The lowest BCUT2D eigenvalue weighted by molar-refractivity contribution is 0.0732. The topological polar surface area (TPSA) is 188 Å².